The molecule has 10 heavy (non-hydrogen) atoms. The lowest BCUT2D eigenvalue weighted by Crippen LogP contribution is -2.07. The topological polar surface area (TPSA) is 0 Å². The summed E-state index contributed by atoms with van der Waals surface area (Å²) in [5.74, 6) is 1.98. The Morgan fingerprint density at radius 1 is 1.50 bits per heavy atom. The van der Waals surface area contributed by atoms with Gasteiger partial charge in [0.15, 0.2) is 0 Å². The molecule has 0 amide bonds. The van der Waals surface area contributed by atoms with Crippen molar-refractivity contribution in [2.45, 2.75) is 39.5 Å². The van der Waals surface area contributed by atoms with E-state index in [1.807, 2.05) is 5.57 Å². The maximum absolute atomic E-state index is 2.41. The van der Waals surface area contributed by atoms with Gasteiger partial charge in [0.25, 0.3) is 0 Å². The molecule has 2 atom stereocenters. The summed E-state index contributed by atoms with van der Waals surface area (Å²) in [4.78, 5) is 0. The predicted molar refractivity (Wildman–Crippen MR) is 43.8 cm³/mol. The second-order valence-electron chi connectivity index (χ2n) is 3.77. The molecule has 0 aromatic carbocycles. The van der Waals surface area contributed by atoms with Gasteiger partial charge in [-0.2, -0.15) is 0 Å². The summed E-state index contributed by atoms with van der Waals surface area (Å²) >= 11 is 0. The Labute approximate surface area is 63.3 Å². The zero-order valence-electron chi connectivity index (χ0n) is 6.98. The lowest BCUT2D eigenvalue weighted by atomic mass is 9.87. The summed E-state index contributed by atoms with van der Waals surface area (Å²) in [5.41, 5.74) is 3.62. The van der Waals surface area contributed by atoms with Crippen molar-refractivity contribution in [1.29, 1.82) is 0 Å². The van der Waals surface area contributed by atoms with Crippen LogP contribution in [0.1, 0.15) is 39.5 Å². The molecule has 1 saturated carbocycles. The van der Waals surface area contributed by atoms with Crippen LogP contribution >= 0.6 is 0 Å². The van der Waals surface area contributed by atoms with Crippen LogP contribution in [0.25, 0.3) is 0 Å². The third-order valence-corrected chi connectivity index (χ3v) is 3.42. The molecule has 0 aromatic heterocycles. The molecule has 0 saturated heterocycles. The van der Waals surface area contributed by atoms with E-state index in [2.05, 4.69) is 13.8 Å². The summed E-state index contributed by atoms with van der Waals surface area (Å²) in [5, 5.41) is 0. The second kappa shape index (κ2) is 2.11. The largest absolute Gasteiger partial charge is 0.0704 e. The minimum absolute atomic E-state index is 0.939. The van der Waals surface area contributed by atoms with Crippen LogP contribution in [0.15, 0.2) is 11.1 Å². The number of allylic oxidation sites excluding steroid dienone is 2. The number of rotatable bonds is 1. The monoisotopic (exact) mass is 136 g/mol. The highest BCUT2D eigenvalue weighted by Crippen LogP contribution is 2.48. The van der Waals surface area contributed by atoms with Gasteiger partial charge in [0.05, 0.1) is 0 Å². The lowest BCUT2D eigenvalue weighted by molar-refractivity contribution is 0.428. The lowest BCUT2D eigenvalue weighted by Gasteiger charge is -2.18. The first-order valence-corrected chi connectivity index (χ1v) is 4.53. The first kappa shape index (κ1) is 6.45. The minimum Gasteiger partial charge on any atom is -0.0704 e. The highest BCUT2D eigenvalue weighted by Gasteiger charge is 2.34. The smallest absolute Gasteiger partial charge is 0.0198 e. The third-order valence-electron chi connectivity index (χ3n) is 3.42. The molecule has 0 N–H and O–H groups in total. The van der Waals surface area contributed by atoms with E-state index in [0.717, 1.165) is 11.8 Å². The van der Waals surface area contributed by atoms with Gasteiger partial charge in [0.2, 0.25) is 0 Å². The predicted octanol–water partition coefficient (Wildman–Crippen LogP) is 3.14. The van der Waals surface area contributed by atoms with Crippen molar-refractivity contribution in [3.8, 4) is 0 Å². The van der Waals surface area contributed by atoms with Gasteiger partial charge in [-0.15, -0.1) is 0 Å². The third kappa shape index (κ3) is 0.680. The summed E-state index contributed by atoms with van der Waals surface area (Å²) in [6.07, 6.45) is 5.68. The van der Waals surface area contributed by atoms with Crippen LogP contribution in [0.3, 0.4) is 0 Å². The normalized spacial score (nSPS) is 37.8. The van der Waals surface area contributed by atoms with Crippen molar-refractivity contribution in [2.75, 3.05) is 0 Å². The molecular formula is C10H16. The number of fused-ring (bicyclic) bond motifs is 2. The van der Waals surface area contributed by atoms with Gasteiger partial charge >= 0.3 is 0 Å². The fourth-order valence-corrected chi connectivity index (χ4v) is 2.78. The molecule has 0 aliphatic heterocycles. The molecule has 2 unspecified atom stereocenters. The molecule has 56 valence electrons. The highest BCUT2D eigenvalue weighted by molar-refractivity contribution is 5.28. The zero-order chi connectivity index (χ0) is 7.14. The molecule has 0 heterocycles. The van der Waals surface area contributed by atoms with Gasteiger partial charge in [-0.05, 0) is 37.5 Å². The maximum atomic E-state index is 2.41. The van der Waals surface area contributed by atoms with Crippen molar-refractivity contribution in [1.82, 2.24) is 0 Å². The molecular weight excluding hydrogens is 120 g/mol. The Morgan fingerprint density at radius 3 is 2.70 bits per heavy atom. The van der Waals surface area contributed by atoms with Gasteiger partial charge in [-0.25, -0.2) is 0 Å². The van der Waals surface area contributed by atoms with E-state index in [1.165, 1.54) is 25.7 Å². The van der Waals surface area contributed by atoms with Crippen molar-refractivity contribution < 1.29 is 0 Å². The van der Waals surface area contributed by atoms with E-state index in [0.29, 0.717) is 0 Å². The van der Waals surface area contributed by atoms with Crippen LogP contribution in [0.4, 0.5) is 0 Å². The summed E-state index contributed by atoms with van der Waals surface area (Å²) in [6.45, 7) is 4.72. The first-order valence-electron chi connectivity index (χ1n) is 4.53. The Morgan fingerprint density at radius 2 is 2.30 bits per heavy atom. The molecule has 0 nitrogen and oxygen atoms in total. The summed E-state index contributed by atoms with van der Waals surface area (Å²) in [7, 11) is 0. The van der Waals surface area contributed by atoms with Gasteiger partial charge in [0, 0.05) is 0 Å². The average Bonchev–Trinajstić information content (AvgIpc) is 2.46. The van der Waals surface area contributed by atoms with Crippen LogP contribution < -0.4 is 0 Å². The highest BCUT2D eigenvalue weighted by atomic mass is 14.4. The minimum atomic E-state index is 0.939. The van der Waals surface area contributed by atoms with E-state index < -0.39 is 0 Å². The van der Waals surface area contributed by atoms with Crippen LogP contribution in [-0.2, 0) is 0 Å². The Hall–Kier alpha value is -0.260. The second-order valence-corrected chi connectivity index (χ2v) is 3.77. The van der Waals surface area contributed by atoms with Crippen molar-refractivity contribution >= 4 is 0 Å². The Bertz CT molecular complexity index is 176. The molecule has 2 rings (SSSR count). The first-order chi connectivity index (χ1) is 4.83. The van der Waals surface area contributed by atoms with Gasteiger partial charge in [-0.1, -0.05) is 25.0 Å². The van der Waals surface area contributed by atoms with Crippen LogP contribution in [-0.4, -0.2) is 0 Å². The van der Waals surface area contributed by atoms with Crippen molar-refractivity contribution in [2.24, 2.45) is 11.8 Å². The van der Waals surface area contributed by atoms with E-state index in [4.69, 9.17) is 0 Å². The number of hydrogen-bond donors (Lipinski definition) is 0. The Balaban J connectivity index is 2.29. The fraction of sp³-hybridized carbons (Fsp3) is 0.800. The summed E-state index contributed by atoms with van der Waals surface area (Å²) in [6, 6.07) is 0. The quantitative estimate of drug-likeness (QED) is 0.486. The van der Waals surface area contributed by atoms with E-state index in [1.54, 1.807) is 5.57 Å². The van der Waals surface area contributed by atoms with E-state index in [-0.39, 0.29) is 0 Å². The van der Waals surface area contributed by atoms with Crippen molar-refractivity contribution in [3.05, 3.63) is 11.1 Å². The van der Waals surface area contributed by atoms with E-state index in [9.17, 15) is 0 Å². The van der Waals surface area contributed by atoms with Crippen LogP contribution in [0.2, 0.25) is 0 Å². The molecule has 0 spiro atoms. The van der Waals surface area contributed by atoms with E-state index >= 15 is 0 Å². The number of hydrogen-bond acceptors (Lipinski definition) is 0. The molecule has 2 aliphatic rings. The molecule has 2 aliphatic carbocycles. The molecule has 0 radical (unpaired) electrons. The summed E-state index contributed by atoms with van der Waals surface area (Å²) < 4.78 is 0. The average molecular weight is 136 g/mol. The Kier molecular flexibility index (Phi) is 1.36. The molecule has 2 bridgehead atoms. The van der Waals surface area contributed by atoms with Crippen LogP contribution in [0.5, 0.6) is 0 Å². The zero-order valence-corrected chi connectivity index (χ0v) is 6.98. The van der Waals surface area contributed by atoms with Gasteiger partial charge < -0.3 is 0 Å². The molecule has 1 fully saturated rings. The molecule has 0 heteroatoms. The SMILES string of the molecule is CCC1=C2CCC(C2)C1C. The van der Waals surface area contributed by atoms with Gasteiger partial charge in [-0.3, -0.25) is 0 Å². The molecule has 0 aromatic rings. The fourth-order valence-electron chi connectivity index (χ4n) is 2.78. The standard InChI is InChI=1S/C10H16/c1-3-10-7(2)8-4-5-9(10)6-8/h7-8H,3-6H2,1-2H3. The maximum Gasteiger partial charge on any atom is -0.0198 e. The van der Waals surface area contributed by atoms with Crippen molar-refractivity contribution in [3.63, 3.8) is 0 Å². The van der Waals surface area contributed by atoms with Gasteiger partial charge in [0.1, 0.15) is 0 Å². The van der Waals surface area contributed by atoms with Crippen LogP contribution in [0, 0.1) is 11.8 Å².